The van der Waals surface area contributed by atoms with Gasteiger partial charge in [0.2, 0.25) is 17.7 Å². The molecule has 4 heterocycles. The summed E-state index contributed by atoms with van der Waals surface area (Å²) in [7, 11) is 0. The number of halogens is 2. The standard InChI is InChI=1S/C22H17BrClN3O3/c23-11-6-7-15-14(9-11)22(21(30)25-15)18-17(16-5-2-8-26(16)22)19(28)27(20(18)29)13-4-1-3-12(24)10-13/h1,3-4,6-7,9-10,16-18H,2,5,8H2,(H,25,30)/t16-,17+,18+,22+/m0/s1. The SMILES string of the molecule is O=C1[C@@H]2[C@@H]3CCCN3[C@@]3(C(=O)Nc4ccc(Br)cc43)[C@H]2C(=O)N1c1cccc(Cl)c1. The molecule has 0 unspecified atom stereocenters. The van der Waals surface area contributed by atoms with Crippen molar-refractivity contribution in [1.29, 1.82) is 0 Å². The molecule has 0 aromatic heterocycles. The van der Waals surface area contributed by atoms with Gasteiger partial charge in [0, 0.05) is 26.8 Å². The Morgan fingerprint density at radius 1 is 1.10 bits per heavy atom. The molecule has 4 aliphatic rings. The van der Waals surface area contributed by atoms with Crippen molar-refractivity contribution in [3.05, 3.63) is 57.5 Å². The summed E-state index contributed by atoms with van der Waals surface area (Å²) in [4.78, 5) is 44.2. The van der Waals surface area contributed by atoms with Crippen molar-refractivity contribution in [2.45, 2.75) is 24.4 Å². The quantitative estimate of drug-likeness (QED) is 0.626. The number of nitrogens with one attached hydrogen (secondary N) is 1. The summed E-state index contributed by atoms with van der Waals surface area (Å²) in [6.45, 7) is 0.689. The van der Waals surface area contributed by atoms with Crippen LogP contribution < -0.4 is 10.2 Å². The molecular formula is C22H17BrClN3O3. The minimum absolute atomic E-state index is 0.133. The van der Waals surface area contributed by atoms with Gasteiger partial charge in [0.1, 0.15) is 5.54 Å². The maximum atomic E-state index is 13.8. The van der Waals surface area contributed by atoms with E-state index in [0.717, 1.165) is 22.9 Å². The molecule has 30 heavy (non-hydrogen) atoms. The van der Waals surface area contributed by atoms with Gasteiger partial charge in [-0.2, -0.15) is 0 Å². The Hall–Kier alpha value is -2.22. The van der Waals surface area contributed by atoms with Gasteiger partial charge >= 0.3 is 0 Å². The van der Waals surface area contributed by atoms with Gasteiger partial charge in [0.05, 0.1) is 17.5 Å². The van der Waals surface area contributed by atoms with Gasteiger partial charge in [-0.25, -0.2) is 4.90 Å². The number of carbonyl (C=O) groups excluding carboxylic acids is 3. The van der Waals surface area contributed by atoms with Gasteiger partial charge in [-0.3, -0.25) is 19.3 Å². The number of anilines is 2. The lowest BCUT2D eigenvalue weighted by Gasteiger charge is -2.36. The zero-order valence-electron chi connectivity index (χ0n) is 15.8. The Kier molecular flexibility index (Phi) is 3.80. The summed E-state index contributed by atoms with van der Waals surface area (Å²) in [6, 6.07) is 12.2. The van der Waals surface area contributed by atoms with E-state index in [1.54, 1.807) is 24.3 Å². The van der Waals surface area contributed by atoms with E-state index >= 15 is 0 Å². The predicted octanol–water partition coefficient (Wildman–Crippen LogP) is 3.53. The van der Waals surface area contributed by atoms with Crippen molar-refractivity contribution in [2.24, 2.45) is 11.8 Å². The molecule has 152 valence electrons. The fourth-order valence-corrected chi connectivity index (χ4v) is 6.59. The third-order valence-corrected chi connectivity index (χ3v) is 7.75. The van der Waals surface area contributed by atoms with E-state index in [9.17, 15) is 14.4 Å². The molecule has 4 aliphatic heterocycles. The molecule has 0 saturated carbocycles. The van der Waals surface area contributed by atoms with Crippen molar-refractivity contribution in [1.82, 2.24) is 4.90 Å². The van der Waals surface area contributed by atoms with E-state index in [1.165, 1.54) is 4.90 Å². The highest BCUT2D eigenvalue weighted by Gasteiger charge is 2.74. The summed E-state index contributed by atoms with van der Waals surface area (Å²) < 4.78 is 0.833. The first kappa shape index (κ1) is 18.5. The number of hydrogen-bond donors (Lipinski definition) is 1. The Bertz CT molecular complexity index is 1150. The summed E-state index contributed by atoms with van der Waals surface area (Å²) in [6.07, 6.45) is 1.69. The summed E-state index contributed by atoms with van der Waals surface area (Å²) in [5.74, 6) is -2.09. The molecule has 2 aromatic carbocycles. The third-order valence-electron chi connectivity index (χ3n) is 7.02. The second-order valence-electron chi connectivity index (χ2n) is 8.31. The fourth-order valence-electron chi connectivity index (χ4n) is 6.04. The van der Waals surface area contributed by atoms with Crippen LogP contribution in [0.3, 0.4) is 0 Å². The van der Waals surface area contributed by atoms with Gasteiger partial charge in [-0.1, -0.05) is 33.6 Å². The normalized spacial score (nSPS) is 32.0. The summed E-state index contributed by atoms with van der Waals surface area (Å²) >= 11 is 9.64. The first-order valence-corrected chi connectivity index (χ1v) is 11.1. The monoisotopic (exact) mass is 485 g/mol. The maximum absolute atomic E-state index is 13.8. The van der Waals surface area contributed by atoms with Crippen LogP contribution in [-0.2, 0) is 19.9 Å². The van der Waals surface area contributed by atoms with Crippen LogP contribution in [0.15, 0.2) is 46.9 Å². The first-order valence-electron chi connectivity index (χ1n) is 9.96. The molecular weight excluding hydrogens is 470 g/mol. The first-order chi connectivity index (χ1) is 14.4. The van der Waals surface area contributed by atoms with Crippen LogP contribution in [0.1, 0.15) is 18.4 Å². The number of hydrogen-bond acceptors (Lipinski definition) is 4. The van der Waals surface area contributed by atoms with Gasteiger partial charge < -0.3 is 5.32 Å². The molecule has 2 aromatic rings. The van der Waals surface area contributed by atoms with Gasteiger partial charge in [0.25, 0.3) is 0 Å². The molecule has 3 fully saturated rings. The van der Waals surface area contributed by atoms with E-state index in [1.807, 2.05) is 18.2 Å². The third kappa shape index (κ3) is 2.10. The maximum Gasteiger partial charge on any atom is 0.250 e. The van der Waals surface area contributed by atoms with E-state index in [4.69, 9.17) is 11.6 Å². The van der Waals surface area contributed by atoms with Crippen molar-refractivity contribution < 1.29 is 14.4 Å². The van der Waals surface area contributed by atoms with Crippen LogP contribution >= 0.6 is 27.5 Å². The van der Waals surface area contributed by atoms with E-state index in [2.05, 4.69) is 26.1 Å². The topological polar surface area (TPSA) is 69.7 Å². The van der Waals surface area contributed by atoms with Crippen LogP contribution in [0.4, 0.5) is 11.4 Å². The second-order valence-corrected chi connectivity index (χ2v) is 9.66. The number of carbonyl (C=O) groups is 3. The predicted molar refractivity (Wildman–Crippen MR) is 115 cm³/mol. The lowest BCUT2D eigenvalue weighted by molar-refractivity contribution is -0.135. The number of rotatable bonds is 1. The highest BCUT2D eigenvalue weighted by atomic mass is 79.9. The summed E-state index contributed by atoms with van der Waals surface area (Å²) in [5.41, 5.74) is 0.774. The molecule has 0 bridgehead atoms. The highest BCUT2D eigenvalue weighted by molar-refractivity contribution is 9.10. The van der Waals surface area contributed by atoms with Gasteiger partial charge in [-0.15, -0.1) is 0 Å². The zero-order chi connectivity index (χ0) is 20.8. The van der Waals surface area contributed by atoms with Gasteiger partial charge in [0.15, 0.2) is 0 Å². The Labute approximate surface area is 186 Å². The number of imide groups is 1. The zero-order valence-corrected chi connectivity index (χ0v) is 18.1. The molecule has 6 rings (SSSR count). The number of nitrogens with zero attached hydrogens (tertiary/aromatic N) is 2. The highest BCUT2D eigenvalue weighted by Crippen LogP contribution is 2.60. The van der Waals surface area contributed by atoms with Crippen molar-refractivity contribution in [2.75, 3.05) is 16.8 Å². The largest absolute Gasteiger partial charge is 0.324 e. The van der Waals surface area contributed by atoms with Crippen LogP contribution in [0.5, 0.6) is 0 Å². The number of amides is 3. The van der Waals surface area contributed by atoms with Crippen LogP contribution in [-0.4, -0.2) is 35.2 Å². The molecule has 4 atom stereocenters. The minimum atomic E-state index is -1.16. The van der Waals surface area contributed by atoms with Crippen molar-refractivity contribution >= 4 is 56.6 Å². The molecule has 0 radical (unpaired) electrons. The van der Waals surface area contributed by atoms with Crippen molar-refractivity contribution in [3.8, 4) is 0 Å². The molecule has 8 heteroatoms. The molecule has 3 amide bonds. The van der Waals surface area contributed by atoms with Crippen LogP contribution in [0.25, 0.3) is 0 Å². The van der Waals surface area contributed by atoms with Crippen LogP contribution in [0, 0.1) is 11.8 Å². The van der Waals surface area contributed by atoms with Gasteiger partial charge in [-0.05, 0) is 55.8 Å². The summed E-state index contributed by atoms with van der Waals surface area (Å²) in [5, 5.41) is 3.43. The number of benzene rings is 2. The van der Waals surface area contributed by atoms with E-state index < -0.39 is 17.4 Å². The average molecular weight is 487 g/mol. The fraction of sp³-hybridized carbons (Fsp3) is 0.318. The molecule has 6 nitrogen and oxygen atoms in total. The molecule has 1 spiro atoms. The van der Waals surface area contributed by atoms with E-state index in [0.29, 0.717) is 22.9 Å². The average Bonchev–Trinajstić information content (AvgIpc) is 3.40. The molecule has 0 aliphatic carbocycles. The second kappa shape index (κ2) is 6.15. The Morgan fingerprint density at radius 2 is 1.93 bits per heavy atom. The smallest absolute Gasteiger partial charge is 0.250 e. The Balaban J connectivity index is 1.57. The van der Waals surface area contributed by atoms with E-state index in [-0.39, 0.29) is 23.8 Å². The Morgan fingerprint density at radius 3 is 2.73 bits per heavy atom. The minimum Gasteiger partial charge on any atom is -0.324 e. The van der Waals surface area contributed by atoms with Crippen molar-refractivity contribution in [3.63, 3.8) is 0 Å². The molecule has 3 saturated heterocycles. The molecule has 1 N–H and O–H groups in total. The number of fused-ring (bicyclic) bond motifs is 7. The lowest BCUT2D eigenvalue weighted by Crippen LogP contribution is -2.54. The van der Waals surface area contributed by atoms with Crippen LogP contribution in [0.2, 0.25) is 5.02 Å². The lowest BCUT2D eigenvalue weighted by atomic mass is 9.75.